The van der Waals surface area contributed by atoms with Crippen LogP contribution in [0.5, 0.6) is 0 Å². The van der Waals surface area contributed by atoms with Crippen LogP contribution in [-0.4, -0.2) is 43.6 Å². The van der Waals surface area contributed by atoms with Crippen LogP contribution in [0.1, 0.15) is 37.7 Å². The van der Waals surface area contributed by atoms with Crippen molar-refractivity contribution in [2.24, 2.45) is 17.8 Å². The number of carbonyl (C=O) groups is 1. The molecule has 5 nitrogen and oxygen atoms in total. The van der Waals surface area contributed by atoms with Gasteiger partial charge in [0.2, 0.25) is 0 Å². The van der Waals surface area contributed by atoms with E-state index in [0.29, 0.717) is 32.7 Å². The van der Waals surface area contributed by atoms with Crippen LogP contribution in [0.2, 0.25) is 0 Å². The lowest BCUT2D eigenvalue weighted by Gasteiger charge is -2.27. The number of benzene rings is 1. The number of hydrogen-bond acceptors (Lipinski definition) is 5. The number of carbonyl (C=O) groups excluding carboxylic acids is 1. The van der Waals surface area contributed by atoms with E-state index in [9.17, 15) is 9.90 Å². The molecule has 2 aliphatic rings. The second kappa shape index (κ2) is 10.2. The molecule has 4 unspecified atom stereocenters. The first-order valence-electron chi connectivity index (χ1n) is 9.76. The standard InChI is InChI=1S/C21H30O5/c22-13-17-12-20(23)18(9-11-24-14-16-6-2-1-3-7-16)19(17)15-26-21-8-4-5-10-25-21/h1-3,6-7,17-19,21-22H,4-5,8-15H2. The topological polar surface area (TPSA) is 65.0 Å². The number of ketones is 1. The van der Waals surface area contributed by atoms with E-state index >= 15 is 0 Å². The van der Waals surface area contributed by atoms with Crippen LogP contribution in [-0.2, 0) is 25.6 Å². The molecular weight excluding hydrogens is 332 g/mol. The molecule has 1 aromatic rings. The normalized spacial score (nSPS) is 29.2. The summed E-state index contributed by atoms with van der Waals surface area (Å²) < 4.78 is 17.3. The number of rotatable bonds is 9. The molecule has 26 heavy (non-hydrogen) atoms. The Morgan fingerprint density at radius 1 is 1.19 bits per heavy atom. The average molecular weight is 362 g/mol. The molecule has 1 saturated carbocycles. The summed E-state index contributed by atoms with van der Waals surface area (Å²) in [4.78, 5) is 12.4. The van der Waals surface area contributed by atoms with E-state index in [4.69, 9.17) is 14.2 Å². The second-order valence-corrected chi connectivity index (χ2v) is 7.34. The molecule has 0 spiro atoms. The molecule has 0 aromatic heterocycles. The third-order valence-corrected chi connectivity index (χ3v) is 5.53. The molecule has 1 heterocycles. The molecule has 1 N–H and O–H groups in total. The molecular formula is C21H30O5. The van der Waals surface area contributed by atoms with Gasteiger partial charge in [0.05, 0.1) is 13.2 Å². The fraction of sp³-hybridized carbons (Fsp3) is 0.667. The van der Waals surface area contributed by atoms with Crippen molar-refractivity contribution in [3.63, 3.8) is 0 Å². The van der Waals surface area contributed by atoms with Crippen molar-refractivity contribution in [1.82, 2.24) is 0 Å². The van der Waals surface area contributed by atoms with Gasteiger partial charge in [-0.05, 0) is 43.1 Å². The van der Waals surface area contributed by atoms with Gasteiger partial charge in [0, 0.05) is 32.2 Å². The van der Waals surface area contributed by atoms with Crippen molar-refractivity contribution in [3.05, 3.63) is 35.9 Å². The summed E-state index contributed by atoms with van der Waals surface area (Å²) in [6.45, 7) is 2.36. The van der Waals surface area contributed by atoms with Crippen LogP contribution in [0, 0.1) is 17.8 Å². The van der Waals surface area contributed by atoms with Gasteiger partial charge < -0.3 is 19.3 Å². The Morgan fingerprint density at radius 2 is 2.04 bits per heavy atom. The lowest BCUT2D eigenvalue weighted by Crippen LogP contribution is -2.30. The number of aliphatic hydroxyl groups excluding tert-OH is 1. The van der Waals surface area contributed by atoms with E-state index in [1.807, 2.05) is 30.3 Å². The van der Waals surface area contributed by atoms with Crippen molar-refractivity contribution >= 4 is 5.78 Å². The van der Waals surface area contributed by atoms with Gasteiger partial charge in [-0.25, -0.2) is 0 Å². The third kappa shape index (κ3) is 5.36. The Hall–Kier alpha value is -1.27. The number of Topliss-reactive ketones (excluding diaryl/α,β-unsaturated/α-hetero) is 1. The lowest BCUT2D eigenvalue weighted by atomic mass is 9.88. The first-order chi connectivity index (χ1) is 12.8. The molecule has 3 rings (SSSR count). The third-order valence-electron chi connectivity index (χ3n) is 5.53. The molecule has 1 aliphatic heterocycles. The highest BCUT2D eigenvalue weighted by Gasteiger charge is 2.42. The van der Waals surface area contributed by atoms with Gasteiger partial charge in [-0.1, -0.05) is 30.3 Å². The van der Waals surface area contributed by atoms with Crippen LogP contribution in [0.25, 0.3) is 0 Å². The van der Waals surface area contributed by atoms with Gasteiger partial charge in [-0.2, -0.15) is 0 Å². The van der Waals surface area contributed by atoms with E-state index < -0.39 is 0 Å². The predicted octanol–water partition coefficient (Wildman–Crippen LogP) is 2.95. The first kappa shape index (κ1) is 19.5. The lowest BCUT2D eigenvalue weighted by molar-refractivity contribution is -0.174. The molecule has 4 atom stereocenters. The Balaban J connectivity index is 1.47. The van der Waals surface area contributed by atoms with E-state index in [-0.39, 0.29) is 36.4 Å². The van der Waals surface area contributed by atoms with Crippen molar-refractivity contribution < 1.29 is 24.1 Å². The minimum Gasteiger partial charge on any atom is -0.396 e. The van der Waals surface area contributed by atoms with Gasteiger partial charge in [0.1, 0.15) is 5.78 Å². The molecule has 1 saturated heterocycles. The summed E-state index contributed by atoms with van der Waals surface area (Å²) in [5, 5.41) is 9.66. The van der Waals surface area contributed by atoms with E-state index in [1.54, 1.807) is 0 Å². The zero-order valence-electron chi connectivity index (χ0n) is 15.3. The summed E-state index contributed by atoms with van der Waals surface area (Å²) in [7, 11) is 0. The van der Waals surface area contributed by atoms with E-state index in [1.165, 1.54) is 0 Å². The predicted molar refractivity (Wildman–Crippen MR) is 97.4 cm³/mol. The van der Waals surface area contributed by atoms with Crippen molar-refractivity contribution in [2.45, 2.75) is 45.0 Å². The highest BCUT2D eigenvalue weighted by molar-refractivity contribution is 5.83. The molecule has 5 heteroatoms. The summed E-state index contributed by atoms with van der Waals surface area (Å²) in [5.41, 5.74) is 1.13. The Kier molecular flexibility index (Phi) is 7.62. The number of hydrogen-bond donors (Lipinski definition) is 1. The minimum atomic E-state index is -0.159. The second-order valence-electron chi connectivity index (χ2n) is 7.34. The van der Waals surface area contributed by atoms with Gasteiger partial charge in [0.25, 0.3) is 0 Å². The molecule has 0 amide bonds. The quantitative estimate of drug-likeness (QED) is 0.684. The monoisotopic (exact) mass is 362 g/mol. The maximum atomic E-state index is 12.4. The van der Waals surface area contributed by atoms with Crippen LogP contribution in [0.15, 0.2) is 30.3 Å². The number of aliphatic hydroxyl groups is 1. The number of ether oxygens (including phenoxy) is 3. The summed E-state index contributed by atoms with van der Waals surface area (Å²) in [6.07, 6.45) is 4.08. The van der Waals surface area contributed by atoms with Crippen LogP contribution >= 0.6 is 0 Å². The smallest absolute Gasteiger partial charge is 0.157 e. The van der Waals surface area contributed by atoms with Crippen molar-refractivity contribution in [2.75, 3.05) is 26.4 Å². The van der Waals surface area contributed by atoms with Crippen LogP contribution in [0.4, 0.5) is 0 Å². The van der Waals surface area contributed by atoms with E-state index in [2.05, 4.69) is 0 Å². The zero-order valence-corrected chi connectivity index (χ0v) is 15.3. The van der Waals surface area contributed by atoms with Gasteiger partial charge in [-0.3, -0.25) is 4.79 Å². The highest BCUT2D eigenvalue weighted by atomic mass is 16.7. The largest absolute Gasteiger partial charge is 0.396 e. The molecule has 2 fully saturated rings. The molecule has 0 bridgehead atoms. The van der Waals surface area contributed by atoms with Gasteiger partial charge in [0.15, 0.2) is 6.29 Å². The first-order valence-corrected chi connectivity index (χ1v) is 9.76. The van der Waals surface area contributed by atoms with E-state index in [0.717, 1.165) is 31.4 Å². The van der Waals surface area contributed by atoms with Crippen LogP contribution in [0.3, 0.4) is 0 Å². The molecule has 1 aromatic carbocycles. The van der Waals surface area contributed by atoms with Crippen molar-refractivity contribution in [1.29, 1.82) is 0 Å². The minimum absolute atomic E-state index is 0.00906. The summed E-state index contributed by atoms with van der Waals surface area (Å²) in [5.74, 6) is 0.181. The summed E-state index contributed by atoms with van der Waals surface area (Å²) in [6, 6.07) is 10.0. The fourth-order valence-electron chi connectivity index (χ4n) is 3.99. The Labute approximate surface area is 155 Å². The fourth-order valence-corrected chi connectivity index (χ4v) is 3.99. The maximum Gasteiger partial charge on any atom is 0.157 e. The molecule has 144 valence electrons. The molecule has 1 aliphatic carbocycles. The van der Waals surface area contributed by atoms with Gasteiger partial charge >= 0.3 is 0 Å². The Bertz CT molecular complexity index is 541. The summed E-state index contributed by atoms with van der Waals surface area (Å²) >= 11 is 0. The zero-order chi connectivity index (χ0) is 18.2. The average Bonchev–Trinajstić information content (AvgIpc) is 3.00. The van der Waals surface area contributed by atoms with Crippen LogP contribution < -0.4 is 0 Å². The molecule has 0 radical (unpaired) electrons. The van der Waals surface area contributed by atoms with Gasteiger partial charge in [-0.15, -0.1) is 0 Å². The highest BCUT2D eigenvalue weighted by Crippen LogP contribution is 2.37. The maximum absolute atomic E-state index is 12.4. The van der Waals surface area contributed by atoms with Crippen molar-refractivity contribution in [3.8, 4) is 0 Å². The Morgan fingerprint density at radius 3 is 2.77 bits per heavy atom. The SMILES string of the molecule is O=C1CC(CO)C(COC2CCCCO2)C1CCOCc1ccccc1.